The first-order valence-corrected chi connectivity index (χ1v) is 6.38. The van der Waals surface area contributed by atoms with Crippen molar-refractivity contribution in [2.75, 3.05) is 31.2 Å². The molecule has 4 nitrogen and oxygen atoms in total. The summed E-state index contributed by atoms with van der Waals surface area (Å²) in [5.41, 5.74) is 8.64. The van der Waals surface area contributed by atoms with Crippen molar-refractivity contribution in [3.63, 3.8) is 0 Å². The number of anilines is 1. The molecule has 1 aromatic carbocycles. The van der Waals surface area contributed by atoms with Crippen LogP contribution < -0.4 is 10.6 Å². The second kappa shape index (κ2) is 7.01. The molecule has 0 atom stereocenters. The van der Waals surface area contributed by atoms with E-state index < -0.39 is 0 Å². The van der Waals surface area contributed by atoms with Gasteiger partial charge in [0.05, 0.1) is 12.3 Å². The van der Waals surface area contributed by atoms with Gasteiger partial charge in [-0.2, -0.15) is 0 Å². The number of para-hydroxylation sites is 1. The number of benzene rings is 1. The first-order valence-electron chi connectivity index (χ1n) is 6.38. The molecule has 3 N–H and O–H groups in total. The van der Waals surface area contributed by atoms with Crippen LogP contribution in [0, 0.1) is 12.3 Å². The summed E-state index contributed by atoms with van der Waals surface area (Å²) in [6.07, 6.45) is 0. The third kappa shape index (κ3) is 3.47. The quantitative estimate of drug-likeness (QED) is 0.442. The summed E-state index contributed by atoms with van der Waals surface area (Å²) in [6, 6.07) is 5.88. The molecule has 0 spiro atoms. The fourth-order valence-corrected chi connectivity index (χ4v) is 2.04. The summed E-state index contributed by atoms with van der Waals surface area (Å²) in [5, 5.41) is 7.67. The molecule has 0 radical (unpaired) electrons. The Hall–Kier alpha value is -1.55. The number of amidine groups is 1. The Bertz CT molecular complexity index is 404. The third-order valence-corrected chi connectivity index (χ3v) is 2.94. The fourth-order valence-electron chi connectivity index (χ4n) is 2.04. The van der Waals surface area contributed by atoms with Crippen molar-refractivity contribution in [2.24, 2.45) is 5.73 Å². The van der Waals surface area contributed by atoms with Crippen LogP contribution in [0.5, 0.6) is 0 Å². The number of nitrogen functional groups attached to an aromatic ring is 1. The average molecular weight is 249 g/mol. The molecule has 0 heterocycles. The smallest absolute Gasteiger partial charge is 0.124 e. The minimum absolute atomic E-state index is 0.114. The van der Waals surface area contributed by atoms with Crippen LogP contribution in [0.1, 0.15) is 25.0 Å². The average Bonchev–Trinajstić information content (AvgIpc) is 2.35. The van der Waals surface area contributed by atoms with Crippen molar-refractivity contribution in [3.8, 4) is 0 Å². The molecule has 0 aliphatic heterocycles. The topological polar surface area (TPSA) is 62.3 Å². The summed E-state index contributed by atoms with van der Waals surface area (Å²) in [5.74, 6) is 0.114. The van der Waals surface area contributed by atoms with E-state index in [1.165, 1.54) is 0 Å². The van der Waals surface area contributed by atoms with Gasteiger partial charge in [-0.1, -0.05) is 12.1 Å². The lowest BCUT2D eigenvalue weighted by Gasteiger charge is -2.27. The standard InChI is InChI=1S/C14H23N3O/c1-4-17(9-10-18-5-2)13-11(3)7-6-8-12(13)14(15)16/h6-8H,4-5,9-10H2,1-3H3,(H3,15,16). The van der Waals surface area contributed by atoms with Crippen molar-refractivity contribution in [1.29, 1.82) is 5.41 Å². The van der Waals surface area contributed by atoms with Crippen LogP contribution in [-0.2, 0) is 4.74 Å². The Kier molecular flexibility index (Phi) is 5.65. The Morgan fingerprint density at radius 2 is 2.11 bits per heavy atom. The highest BCUT2D eigenvalue weighted by Gasteiger charge is 2.13. The predicted octanol–water partition coefficient (Wildman–Crippen LogP) is 2.14. The normalized spacial score (nSPS) is 10.4. The second-order valence-electron chi connectivity index (χ2n) is 4.16. The summed E-state index contributed by atoms with van der Waals surface area (Å²) >= 11 is 0. The first kappa shape index (κ1) is 14.5. The van der Waals surface area contributed by atoms with E-state index in [0.29, 0.717) is 6.61 Å². The molecule has 18 heavy (non-hydrogen) atoms. The maximum absolute atomic E-state index is 7.67. The second-order valence-corrected chi connectivity index (χ2v) is 4.16. The fraction of sp³-hybridized carbons (Fsp3) is 0.500. The lowest BCUT2D eigenvalue weighted by Crippen LogP contribution is -2.30. The molecule has 100 valence electrons. The highest BCUT2D eigenvalue weighted by Crippen LogP contribution is 2.24. The molecule has 0 unspecified atom stereocenters. The number of nitrogens with two attached hydrogens (primary N) is 1. The number of likely N-dealkylation sites (N-methyl/N-ethyl adjacent to an activating group) is 1. The van der Waals surface area contributed by atoms with Crippen LogP contribution in [0.25, 0.3) is 0 Å². The third-order valence-electron chi connectivity index (χ3n) is 2.94. The molecule has 0 aliphatic carbocycles. The molecule has 0 aliphatic rings. The van der Waals surface area contributed by atoms with Gasteiger partial charge in [0.15, 0.2) is 0 Å². The summed E-state index contributed by atoms with van der Waals surface area (Å²) in [6.45, 7) is 9.24. The molecule has 0 saturated carbocycles. The first-order chi connectivity index (χ1) is 8.61. The van der Waals surface area contributed by atoms with Gasteiger partial charge in [-0.05, 0) is 32.4 Å². The van der Waals surface area contributed by atoms with Gasteiger partial charge in [-0.3, -0.25) is 5.41 Å². The molecule has 0 fully saturated rings. The molecule has 0 saturated heterocycles. The minimum Gasteiger partial charge on any atom is -0.384 e. The van der Waals surface area contributed by atoms with Gasteiger partial charge in [0, 0.05) is 25.3 Å². The molecule has 1 aromatic rings. The van der Waals surface area contributed by atoms with Crippen LogP contribution in [0.3, 0.4) is 0 Å². The number of aryl methyl sites for hydroxylation is 1. The van der Waals surface area contributed by atoms with Crippen LogP contribution in [-0.4, -0.2) is 32.1 Å². The molecular weight excluding hydrogens is 226 g/mol. The zero-order valence-electron chi connectivity index (χ0n) is 11.5. The highest BCUT2D eigenvalue weighted by molar-refractivity contribution is 6.01. The van der Waals surface area contributed by atoms with Crippen LogP contribution in [0.15, 0.2) is 18.2 Å². The lowest BCUT2D eigenvalue weighted by atomic mass is 10.1. The predicted molar refractivity (Wildman–Crippen MR) is 76.6 cm³/mol. The van der Waals surface area contributed by atoms with Gasteiger partial charge in [-0.15, -0.1) is 0 Å². The van der Waals surface area contributed by atoms with E-state index in [-0.39, 0.29) is 5.84 Å². The molecule has 1 rings (SSSR count). The number of ether oxygens (including phenoxy) is 1. The van der Waals surface area contributed by atoms with Crippen molar-refractivity contribution in [3.05, 3.63) is 29.3 Å². The van der Waals surface area contributed by atoms with Gasteiger partial charge in [0.25, 0.3) is 0 Å². The highest BCUT2D eigenvalue weighted by atomic mass is 16.5. The van der Waals surface area contributed by atoms with Crippen molar-refractivity contribution in [2.45, 2.75) is 20.8 Å². The van der Waals surface area contributed by atoms with Crippen LogP contribution >= 0.6 is 0 Å². The van der Waals surface area contributed by atoms with Crippen molar-refractivity contribution < 1.29 is 4.74 Å². The Morgan fingerprint density at radius 1 is 1.39 bits per heavy atom. The van der Waals surface area contributed by atoms with Gasteiger partial charge in [-0.25, -0.2) is 0 Å². The molecule has 0 amide bonds. The van der Waals surface area contributed by atoms with E-state index in [4.69, 9.17) is 15.9 Å². The Morgan fingerprint density at radius 3 is 2.67 bits per heavy atom. The lowest BCUT2D eigenvalue weighted by molar-refractivity contribution is 0.154. The van der Waals surface area contributed by atoms with Crippen molar-refractivity contribution >= 4 is 11.5 Å². The molecular formula is C14H23N3O. The number of hydrogen-bond donors (Lipinski definition) is 2. The molecule has 0 aromatic heterocycles. The Labute approximate surface area is 109 Å². The molecule has 0 bridgehead atoms. The summed E-state index contributed by atoms with van der Waals surface area (Å²) in [7, 11) is 0. The zero-order valence-corrected chi connectivity index (χ0v) is 11.5. The van der Waals surface area contributed by atoms with Gasteiger partial charge >= 0.3 is 0 Å². The van der Waals surface area contributed by atoms with Gasteiger partial charge < -0.3 is 15.4 Å². The van der Waals surface area contributed by atoms with E-state index >= 15 is 0 Å². The summed E-state index contributed by atoms with van der Waals surface area (Å²) in [4.78, 5) is 2.21. The van der Waals surface area contributed by atoms with E-state index in [1.807, 2.05) is 32.0 Å². The van der Waals surface area contributed by atoms with E-state index in [2.05, 4.69) is 11.8 Å². The maximum Gasteiger partial charge on any atom is 0.124 e. The van der Waals surface area contributed by atoms with Gasteiger partial charge in [0.2, 0.25) is 0 Å². The van der Waals surface area contributed by atoms with Crippen LogP contribution in [0.2, 0.25) is 0 Å². The summed E-state index contributed by atoms with van der Waals surface area (Å²) < 4.78 is 5.40. The number of nitrogens with zero attached hydrogens (tertiary/aromatic N) is 1. The van der Waals surface area contributed by atoms with Gasteiger partial charge in [0.1, 0.15) is 5.84 Å². The largest absolute Gasteiger partial charge is 0.384 e. The monoisotopic (exact) mass is 249 g/mol. The van der Waals surface area contributed by atoms with Crippen LogP contribution in [0.4, 0.5) is 5.69 Å². The Balaban J connectivity index is 3.00. The SMILES string of the molecule is CCOCCN(CC)c1c(C)cccc1C(=N)N. The maximum atomic E-state index is 7.67. The number of hydrogen-bond acceptors (Lipinski definition) is 3. The minimum atomic E-state index is 0.114. The van der Waals surface area contributed by atoms with E-state index in [1.54, 1.807) is 0 Å². The van der Waals surface area contributed by atoms with Crippen molar-refractivity contribution in [1.82, 2.24) is 0 Å². The number of nitrogens with one attached hydrogen (secondary N) is 1. The molecule has 4 heteroatoms. The van der Waals surface area contributed by atoms with E-state index in [0.717, 1.165) is 36.5 Å². The zero-order chi connectivity index (χ0) is 13.5. The number of rotatable bonds is 7. The van der Waals surface area contributed by atoms with E-state index in [9.17, 15) is 0 Å².